The van der Waals surface area contributed by atoms with Crippen molar-refractivity contribution in [2.24, 2.45) is 0 Å². The van der Waals surface area contributed by atoms with Crippen LogP contribution in [0.3, 0.4) is 0 Å². The third-order valence-electron chi connectivity index (χ3n) is 4.56. The van der Waals surface area contributed by atoms with E-state index in [0.29, 0.717) is 16.8 Å². The summed E-state index contributed by atoms with van der Waals surface area (Å²) in [4.78, 5) is 17.8. The van der Waals surface area contributed by atoms with Crippen molar-refractivity contribution in [1.82, 2.24) is 4.98 Å². The number of carbonyl (C=O) groups excluding carboxylic acids is 1. The molecule has 126 valence electrons. The van der Waals surface area contributed by atoms with Gasteiger partial charge >= 0.3 is 0 Å². The molecule has 0 saturated heterocycles. The molecule has 0 spiro atoms. The lowest BCUT2D eigenvalue weighted by atomic mass is 9.91. The Kier molecular flexibility index (Phi) is 3.98. The number of nitrogen functional groups attached to an aromatic ring is 1. The lowest BCUT2D eigenvalue weighted by Gasteiger charge is -2.14. The molecular weight excluding hydrogens is 320 g/mol. The number of hydrogen-bond acceptors (Lipinski definition) is 3. The maximum atomic E-state index is 13.2. The zero-order valence-corrected chi connectivity index (χ0v) is 14.4. The summed E-state index contributed by atoms with van der Waals surface area (Å²) in [7, 11) is 0. The van der Waals surface area contributed by atoms with E-state index < -0.39 is 0 Å². The maximum absolute atomic E-state index is 13.2. The fraction of sp³-hybridized carbons (Fsp3) is 0.0435. The van der Waals surface area contributed by atoms with Gasteiger partial charge in [0, 0.05) is 34.0 Å². The first kappa shape index (κ1) is 16.0. The van der Waals surface area contributed by atoms with E-state index in [1.54, 1.807) is 6.20 Å². The number of anilines is 1. The number of aromatic nitrogens is 1. The van der Waals surface area contributed by atoms with E-state index in [9.17, 15) is 4.79 Å². The molecule has 0 amide bonds. The number of ketones is 1. The van der Waals surface area contributed by atoms with E-state index >= 15 is 0 Å². The van der Waals surface area contributed by atoms with Crippen molar-refractivity contribution in [1.29, 1.82) is 0 Å². The van der Waals surface area contributed by atoms with Gasteiger partial charge in [0.15, 0.2) is 5.78 Å². The zero-order valence-electron chi connectivity index (χ0n) is 14.4. The van der Waals surface area contributed by atoms with Crippen LogP contribution < -0.4 is 5.73 Å². The van der Waals surface area contributed by atoms with Gasteiger partial charge in [-0.2, -0.15) is 0 Å². The fourth-order valence-electron chi connectivity index (χ4n) is 3.29. The van der Waals surface area contributed by atoms with Crippen molar-refractivity contribution in [2.45, 2.75) is 6.92 Å². The number of para-hydroxylation sites is 1. The summed E-state index contributed by atoms with van der Waals surface area (Å²) < 4.78 is 0. The molecule has 0 aliphatic rings. The average molecular weight is 338 g/mol. The molecule has 0 aliphatic carbocycles. The van der Waals surface area contributed by atoms with Crippen molar-refractivity contribution in [3.05, 3.63) is 95.7 Å². The summed E-state index contributed by atoms with van der Waals surface area (Å²) in [6.07, 6.45) is 1.68. The monoisotopic (exact) mass is 338 g/mol. The van der Waals surface area contributed by atoms with Crippen molar-refractivity contribution < 1.29 is 4.79 Å². The number of rotatable bonds is 3. The molecule has 4 rings (SSSR count). The highest BCUT2D eigenvalue weighted by Gasteiger charge is 2.19. The summed E-state index contributed by atoms with van der Waals surface area (Å²) in [5, 5.41) is 0.956. The molecule has 3 heteroatoms. The average Bonchev–Trinajstić information content (AvgIpc) is 2.67. The van der Waals surface area contributed by atoms with Gasteiger partial charge in [-0.05, 0) is 30.2 Å². The Hall–Kier alpha value is -3.46. The fourth-order valence-corrected chi connectivity index (χ4v) is 3.29. The lowest BCUT2D eigenvalue weighted by molar-refractivity contribution is 0.103. The molecule has 1 heterocycles. The number of nitrogens with zero attached hydrogens (tertiary/aromatic N) is 1. The Morgan fingerprint density at radius 1 is 0.923 bits per heavy atom. The maximum Gasteiger partial charge on any atom is 0.195 e. The van der Waals surface area contributed by atoms with E-state index in [1.807, 2.05) is 79.7 Å². The number of pyridine rings is 1. The molecule has 0 saturated carbocycles. The first-order valence-electron chi connectivity index (χ1n) is 8.49. The molecule has 0 unspecified atom stereocenters. The van der Waals surface area contributed by atoms with Gasteiger partial charge in [0.25, 0.3) is 0 Å². The van der Waals surface area contributed by atoms with Crippen LogP contribution in [0.2, 0.25) is 0 Å². The Morgan fingerprint density at radius 3 is 2.46 bits per heavy atom. The van der Waals surface area contributed by atoms with Crippen LogP contribution in [0, 0.1) is 6.92 Å². The minimum absolute atomic E-state index is 0.0427. The van der Waals surface area contributed by atoms with Crippen LogP contribution in [-0.4, -0.2) is 10.8 Å². The molecule has 4 aromatic rings. The van der Waals surface area contributed by atoms with Gasteiger partial charge in [0.1, 0.15) is 0 Å². The number of aryl methyl sites for hydroxylation is 1. The lowest BCUT2D eigenvalue weighted by Crippen LogP contribution is -2.05. The molecule has 26 heavy (non-hydrogen) atoms. The van der Waals surface area contributed by atoms with Crippen LogP contribution in [-0.2, 0) is 0 Å². The number of nitrogens with two attached hydrogens (primary N) is 1. The largest absolute Gasteiger partial charge is 0.399 e. The van der Waals surface area contributed by atoms with Gasteiger partial charge in [-0.15, -0.1) is 0 Å². The number of fused-ring (bicyclic) bond motifs is 1. The second-order valence-electron chi connectivity index (χ2n) is 6.34. The molecule has 0 bridgehead atoms. The van der Waals surface area contributed by atoms with Crippen LogP contribution in [0.5, 0.6) is 0 Å². The van der Waals surface area contributed by atoms with Gasteiger partial charge in [-0.3, -0.25) is 9.78 Å². The predicted molar refractivity (Wildman–Crippen MR) is 106 cm³/mol. The molecule has 0 aliphatic heterocycles. The van der Waals surface area contributed by atoms with E-state index in [-0.39, 0.29) is 5.78 Å². The van der Waals surface area contributed by atoms with E-state index in [2.05, 4.69) is 4.98 Å². The van der Waals surface area contributed by atoms with Crippen LogP contribution in [0.15, 0.2) is 79.0 Å². The van der Waals surface area contributed by atoms with E-state index in [4.69, 9.17) is 5.73 Å². The molecule has 2 N–H and O–H groups in total. The molecule has 3 nitrogen and oxygen atoms in total. The molecule has 1 aromatic heterocycles. The highest BCUT2D eigenvalue weighted by Crippen LogP contribution is 2.34. The second-order valence-corrected chi connectivity index (χ2v) is 6.34. The quantitative estimate of drug-likeness (QED) is 0.421. The van der Waals surface area contributed by atoms with Crippen LogP contribution in [0.4, 0.5) is 5.69 Å². The molecule has 0 fully saturated rings. The van der Waals surface area contributed by atoms with Crippen molar-refractivity contribution >= 4 is 22.4 Å². The van der Waals surface area contributed by atoms with Crippen LogP contribution >= 0.6 is 0 Å². The van der Waals surface area contributed by atoms with Gasteiger partial charge in [0.2, 0.25) is 0 Å². The minimum atomic E-state index is -0.0427. The Labute approximate surface area is 152 Å². The van der Waals surface area contributed by atoms with Crippen LogP contribution in [0.1, 0.15) is 21.5 Å². The number of carbonyl (C=O) groups is 1. The molecule has 0 radical (unpaired) electrons. The smallest absolute Gasteiger partial charge is 0.195 e. The van der Waals surface area contributed by atoms with Gasteiger partial charge in [-0.1, -0.05) is 60.7 Å². The predicted octanol–water partition coefficient (Wildman–Crippen LogP) is 5.02. The molecule has 3 aromatic carbocycles. The van der Waals surface area contributed by atoms with Gasteiger partial charge in [-0.25, -0.2) is 0 Å². The third-order valence-corrected chi connectivity index (χ3v) is 4.56. The SMILES string of the molecule is Cc1cccc2c(-c3cccc(N)c3)c(C(=O)c3ccccc3)cnc12. The number of hydrogen-bond donors (Lipinski definition) is 1. The van der Waals surface area contributed by atoms with Crippen molar-refractivity contribution in [2.75, 3.05) is 5.73 Å². The van der Waals surface area contributed by atoms with E-state index in [1.165, 1.54) is 0 Å². The van der Waals surface area contributed by atoms with Gasteiger partial charge in [0.05, 0.1) is 5.52 Å². The van der Waals surface area contributed by atoms with Crippen molar-refractivity contribution in [3.8, 4) is 11.1 Å². The molecular formula is C23H18N2O. The summed E-state index contributed by atoms with van der Waals surface area (Å²) in [5.41, 5.74) is 11.7. The first-order valence-corrected chi connectivity index (χ1v) is 8.49. The minimum Gasteiger partial charge on any atom is -0.399 e. The van der Waals surface area contributed by atoms with E-state index in [0.717, 1.165) is 27.6 Å². The topological polar surface area (TPSA) is 56.0 Å². The Bertz CT molecular complexity index is 1120. The number of benzene rings is 3. The van der Waals surface area contributed by atoms with Crippen molar-refractivity contribution in [3.63, 3.8) is 0 Å². The highest BCUT2D eigenvalue weighted by molar-refractivity contribution is 6.16. The second kappa shape index (κ2) is 6.45. The summed E-state index contributed by atoms with van der Waals surface area (Å²) in [6, 6.07) is 22.9. The van der Waals surface area contributed by atoms with Crippen LogP contribution in [0.25, 0.3) is 22.0 Å². The third kappa shape index (κ3) is 2.74. The molecule has 0 atom stereocenters. The summed E-state index contributed by atoms with van der Waals surface area (Å²) in [6.45, 7) is 2.02. The highest BCUT2D eigenvalue weighted by atomic mass is 16.1. The summed E-state index contributed by atoms with van der Waals surface area (Å²) in [5.74, 6) is -0.0427. The Balaban J connectivity index is 2.05. The normalized spacial score (nSPS) is 10.8. The van der Waals surface area contributed by atoms with Gasteiger partial charge < -0.3 is 5.73 Å². The standard InChI is InChI=1S/C23H18N2O/c1-15-7-5-12-19-21(17-10-6-11-18(24)13-17)20(14-25-22(15)19)23(26)16-8-3-2-4-9-16/h2-14H,24H2,1H3. The Morgan fingerprint density at radius 2 is 1.69 bits per heavy atom. The summed E-state index contributed by atoms with van der Waals surface area (Å²) >= 11 is 0. The first-order chi connectivity index (χ1) is 12.6. The zero-order chi connectivity index (χ0) is 18.1.